The van der Waals surface area contributed by atoms with Gasteiger partial charge in [0.1, 0.15) is 11.5 Å². The molecule has 0 aliphatic rings. The average Bonchev–Trinajstić information content (AvgIpc) is 3.12. The van der Waals surface area contributed by atoms with E-state index >= 15 is 0 Å². The molecule has 1 N–H and O–H groups in total. The first-order chi connectivity index (χ1) is 13.7. The van der Waals surface area contributed by atoms with Crippen molar-refractivity contribution >= 4 is 34.7 Å². The molecule has 0 aliphatic carbocycles. The molecule has 6 heteroatoms. The standard InChI is InChI=1S/C22H29IN2O3/c1-2-3-4-5-6-7-8-9-16-27-19-12-10-18(11-13-19)22(26)25-24-17-20-14-15-21(23)28-20/h10-15,17H,2-9,16H2,1H3,(H,25,26). The lowest BCUT2D eigenvalue weighted by molar-refractivity contribution is 0.0955. The summed E-state index contributed by atoms with van der Waals surface area (Å²) in [6.45, 7) is 2.96. The van der Waals surface area contributed by atoms with Crippen LogP contribution in [0.1, 0.15) is 74.4 Å². The molecule has 0 radical (unpaired) electrons. The SMILES string of the molecule is CCCCCCCCCCOc1ccc(C(=O)NN=Cc2ccc(I)o2)cc1. The van der Waals surface area contributed by atoms with Gasteiger partial charge in [0.2, 0.25) is 0 Å². The highest BCUT2D eigenvalue weighted by Crippen LogP contribution is 2.14. The Labute approximate surface area is 181 Å². The van der Waals surface area contributed by atoms with Gasteiger partial charge in [-0.15, -0.1) is 0 Å². The lowest BCUT2D eigenvalue weighted by Crippen LogP contribution is -2.17. The number of unbranched alkanes of at least 4 members (excludes halogenated alkanes) is 7. The monoisotopic (exact) mass is 496 g/mol. The number of carbonyl (C=O) groups is 1. The van der Waals surface area contributed by atoms with E-state index in [1.165, 1.54) is 51.2 Å². The number of ether oxygens (including phenoxy) is 1. The van der Waals surface area contributed by atoms with Crippen LogP contribution in [-0.4, -0.2) is 18.7 Å². The Kier molecular flexibility index (Phi) is 10.7. The largest absolute Gasteiger partial charge is 0.494 e. The minimum Gasteiger partial charge on any atom is -0.494 e. The first-order valence-corrected chi connectivity index (χ1v) is 11.1. The zero-order valence-electron chi connectivity index (χ0n) is 16.5. The highest BCUT2D eigenvalue weighted by atomic mass is 127. The van der Waals surface area contributed by atoms with E-state index in [0.717, 1.165) is 15.9 Å². The van der Waals surface area contributed by atoms with Crippen molar-refractivity contribution in [3.8, 4) is 5.75 Å². The van der Waals surface area contributed by atoms with Crippen LogP contribution < -0.4 is 10.2 Å². The van der Waals surface area contributed by atoms with E-state index < -0.39 is 0 Å². The summed E-state index contributed by atoms with van der Waals surface area (Å²) >= 11 is 2.07. The van der Waals surface area contributed by atoms with Gasteiger partial charge in [0, 0.05) is 5.56 Å². The number of hydrogen-bond acceptors (Lipinski definition) is 4. The number of hydrazone groups is 1. The van der Waals surface area contributed by atoms with Gasteiger partial charge in [-0.3, -0.25) is 4.79 Å². The molecule has 5 nitrogen and oxygen atoms in total. The molecular weight excluding hydrogens is 467 g/mol. The number of rotatable bonds is 13. The summed E-state index contributed by atoms with van der Waals surface area (Å²) in [6.07, 6.45) is 11.7. The summed E-state index contributed by atoms with van der Waals surface area (Å²) < 4.78 is 11.9. The zero-order valence-corrected chi connectivity index (χ0v) is 18.6. The maximum absolute atomic E-state index is 12.1. The number of furan rings is 1. The fourth-order valence-electron chi connectivity index (χ4n) is 2.75. The first kappa shape index (κ1) is 22.5. The number of nitrogens with zero attached hydrogens (tertiary/aromatic N) is 1. The summed E-state index contributed by atoms with van der Waals surface area (Å²) in [5, 5.41) is 3.90. The van der Waals surface area contributed by atoms with Crippen LogP contribution in [0.3, 0.4) is 0 Å². The second-order valence-corrected chi connectivity index (χ2v) is 7.75. The Balaban J connectivity index is 1.61. The minimum absolute atomic E-state index is 0.271. The van der Waals surface area contributed by atoms with Gasteiger partial charge in [0.15, 0.2) is 3.77 Å². The molecule has 1 aromatic carbocycles. The van der Waals surface area contributed by atoms with Gasteiger partial charge in [0.05, 0.1) is 12.8 Å². The minimum atomic E-state index is -0.271. The molecule has 0 fully saturated rings. The Morgan fingerprint density at radius 3 is 2.36 bits per heavy atom. The molecule has 2 aromatic rings. The first-order valence-electron chi connectivity index (χ1n) is 10.0. The topological polar surface area (TPSA) is 63.8 Å². The number of halogens is 1. The molecule has 0 saturated carbocycles. The fraction of sp³-hybridized carbons (Fsp3) is 0.455. The van der Waals surface area contributed by atoms with Crippen LogP contribution in [0.15, 0.2) is 45.9 Å². The molecule has 2 rings (SSSR count). The predicted octanol–water partition coefficient (Wildman–Crippen LogP) is 6.17. The van der Waals surface area contributed by atoms with E-state index in [4.69, 9.17) is 9.15 Å². The van der Waals surface area contributed by atoms with Crippen LogP contribution in [-0.2, 0) is 0 Å². The third kappa shape index (κ3) is 8.91. The van der Waals surface area contributed by atoms with E-state index in [1.54, 1.807) is 18.2 Å². The summed E-state index contributed by atoms with van der Waals surface area (Å²) in [7, 11) is 0. The zero-order chi connectivity index (χ0) is 20.0. The van der Waals surface area contributed by atoms with Gasteiger partial charge < -0.3 is 9.15 Å². The maximum atomic E-state index is 12.1. The molecule has 0 saturated heterocycles. The van der Waals surface area contributed by atoms with Crippen LogP contribution in [0, 0.1) is 3.77 Å². The molecule has 0 aliphatic heterocycles. The number of carbonyl (C=O) groups excluding carboxylic acids is 1. The summed E-state index contributed by atoms with van der Waals surface area (Å²) in [6, 6.07) is 10.7. The van der Waals surface area contributed by atoms with Gasteiger partial charge in [0.25, 0.3) is 5.91 Å². The second-order valence-electron chi connectivity index (χ2n) is 6.69. The van der Waals surface area contributed by atoms with Gasteiger partial charge in [-0.1, -0.05) is 51.9 Å². The fourth-order valence-corrected chi connectivity index (χ4v) is 3.18. The smallest absolute Gasteiger partial charge is 0.271 e. The lowest BCUT2D eigenvalue weighted by Gasteiger charge is -2.07. The Morgan fingerprint density at radius 2 is 1.71 bits per heavy atom. The molecule has 152 valence electrons. The van der Waals surface area contributed by atoms with Crippen LogP contribution in [0.2, 0.25) is 0 Å². The number of nitrogens with one attached hydrogen (secondary N) is 1. The van der Waals surface area contributed by atoms with Crippen molar-refractivity contribution < 1.29 is 13.9 Å². The van der Waals surface area contributed by atoms with Crippen molar-refractivity contribution in [2.24, 2.45) is 5.10 Å². The summed E-state index contributed by atoms with van der Waals surface area (Å²) in [4.78, 5) is 12.1. The molecule has 1 heterocycles. The van der Waals surface area contributed by atoms with Crippen LogP contribution in [0.4, 0.5) is 0 Å². The molecular formula is C22H29IN2O3. The van der Waals surface area contributed by atoms with E-state index in [1.807, 2.05) is 18.2 Å². The number of benzene rings is 1. The highest BCUT2D eigenvalue weighted by Gasteiger charge is 2.04. The number of hydrogen-bond donors (Lipinski definition) is 1. The third-order valence-electron chi connectivity index (χ3n) is 4.33. The molecule has 1 aromatic heterocycles. The lowest BCUT2D eigenvalue weighted by atomic mass is 10.1. The quantitative estimate of drug-likeness (QED) is 0.156. The van der Waals surface area contributed by atoms with Crippen LogP contribution in [0.25, 0.3) is 0 Å². The summed E-state index contributed by atoms with van der Waals surface area (Å²) in [5.41, 5.74) is 3.02. The molecule has 0 unspecified atom stereocenters. The molecule has 28 heavy (non-hydrogen) atoms. The van der Waals surface area contributed by atoms with Crippen molar-refractivity contribution in [2.75, 3.05) is 6.61 Å². The van der Waals surface area contributed by atoms with E-state index in [2.05, 4.69) is 40.0 Å². The molecule has 1 amide bonds. The van der Waals surface area contributed by atoms with Gasteiger partial charge in [-0.05, 0) is 65.4 Å². The molecule has 0 atom stereocenters. The Bertz CT molecular complexity index is 726. The van der Waals surface area contributed by atoms with Gasteiger partial charge in [-0.2, -0.15) is 5.10 Å². The van der Waals surface area contributed by atoms with Crippen molar-refractivity contribution in [3.63, 3.8) is 0 Å². The predicted molar refractivity (Wildman–Crippen MR) is 121 cm³/mol. The van der Waals surface area contributed by atoms with Crippen LogP contribution in [0.5, 0.6) is 5.75 Å². The Morgan fingerprint density at radius 1 is 1.04 bits per heavy atom. The van der Waals surface area contributed by atoms with E-state index in [-0.39, 0.29) is 5.91 Å². The normalized spacial score (nSPS) is 11.1. The Hall–Kier alpha value is -1.83. The van der Waals surface area contributed by atoms with Gasteiger partial charge in [-0.25, -0.2) is 5.43 Å². The van der Waals surface area contributed by atoms with E-state index in [9.17, 15) is 4.79 Å². The van der Waals surface area contributed by atoms with Gasteiger partial charge >= 0.3 is 0 Å². The van der Waals surface area contributed by atoms with Crippen molar-refractivity contribution in [1.82, 2.24) is 5.43 Å². The molecule has 0 spiro atoms. The second kappa shape index (κ2) is 13.4. The van der Waals surface area contributed by atoms with Crippen molar-refractivity contribution in [2.45, 2.75) is 58.3 Å². The summed E-state index contributed by atoms with van der Waals surface area (Å²) in [5.74, 6) is 1.11. The van der Waals surface area contributed by atoms with Crippen molar-refractivity contribution in [3.05, 3.63) is 51.5 Å². The van der Waals surface area contributed by atoms with Crippen molar-refractivity contribution in [1.29, 1.82) is 0 Å². The number of amides is 1. The maximum Gasteiger partial charge on any atom is 0.271 e. The average molecular weight is 496 g/mol. The molecule has 0 bridgehead atoms. The van der Waals surface area contributed by atoms with E-state index in [0.29, 0.717) is 17.9 Å². The van der Waals surface area contributed by atoms with Crippen LogP contribution >= 0.6 is 22.6 Å². The highest BCUT2D eigenvalue weighted by molar-refractivity contribution is 14.1. The third-order valence-corrected chi connectivity index (χ3v) is 4.91.